The molecular weight excluding hydrogens is 412 g/mol. The molecule has 1 aromatic heterocycles. The third kappa shape index (κ3) is 3.56. The fourth-order valence-corrected chi connectivity index (χ4v) is 3.63. The van der Waals surface area contributed by atoms with E-state index in [1.165, 1.54) is 0 Å². The van der Waals surface area contributed by atoms with E-state index in [2.05, 4.69) is 21.2 Å². The maximum Gasteiger partial charge on any atom is 0.256 e. The predicted octanol–water partition coefficient (Wildman–Crippen LogP) is 6.53. The Morgan fingerprint density at radius 3 is 2.54 bits per heavy atom. The highest BCUT2D eigenvalue weighted by atomic mass is 79.9. The standard InChI is InChI=1S/C24H19BrN2O/c1-15-7-5-12-21(16(15)2)27-24(28)20-14-23(17-8-6-9-18(25)13-17)26-22-11-4-3-10-19(20)22/h3-14H,1-2H3,(H,27,28). The molecule has 0 aliphatic carbocycles. The molecule has 4 heteroatoms. The number of para-hydroxylation sites is 1. The van der Waals surface area contributed by atoms with Crippen molar-refractivity contribution in [2.75, 3.05) is 5.32 Å². The SMILES string of the molecule is Cc1cccc(NC(=O)c2cc(-c3cccc(Br)c3)nc3ccccc23)c1C. The van der Waals surface area contributed by atoms with Crippen molar-refractivity contribution in [1.29, 1.82) is 0 Å². The normalized spacial score (nSPS) is 10.8. The number of aromatic nitrogens is 1. The zero-order valence-electron chi connectivity index (χ0n) is 15.7. The Kier molecular flexibility index (Phi) is 4.97. The first-order valence-corrected chi connectivity index (χ1v) is 9.85. The number of rotatable bonds is 3. The quantitative estimate of drug-likeness (QED) is 0.401. The molecule has 0 saturated carbocycles. The van der Waals surface area contributed by atoms with Crippen molar-refractivity contribution in [2.45, 2.75) is 13.8 Å². The van der Waals surface area contributed by atoms with Gasteiger partial charge in [-0.2, -0.15) is 0 Å². The zero-order valence-corrected chi connectivity index (χ0v) is 17.2. The molecule has 3 nitrogen and oxygen atoms in total. The van der Waals surface area contributed by atoms with E-state index >= 15 is 0 Å². The zero-order chi connectivity index (χ0) is 19.7. The van der Waals surface area contributed by atoms with Crippen LogP contribution in [0.3, 0.4) is 0 Å². The van der Waals surface area contributed by atoms with Gasteiger partial charge >= 0.3 is 0 Å². The van der Waals surface area contributed by atoms with E-state index in [1.54, 1.807) is 0 Å². The van der Waals surface area contributed by atoms with Crippen molar-refractivity contribution < 1.29 is 4.79 Å². The molecule has 0 radical (unpaired) electrons. The fraction of sp³-hybridized carbons (Fsp3) is 0.0833. The number of carbonyl (C=O) groups excluding carboxylic acids is 1. The number of pyridine rings is 1. The van der Waals surface area contributed by atoms with Crippen LogP contribution in [0.5, 0.6) is 0 Å². The lowest BCUT2D eigenvalue weighted by atomic mass is 10.0. The molecule has 1 heterocycles. The van der Waals surface area contributed by atoms with Crippen molar-refractivity contribution in [2.24, 2.45) is 0 Å². The highest BCUT2D eigenvalue weighted by Crippen LogP contribution is 2.28. The van der Waals surface area contributed by atoms with Crippen LogP contribution in [0.25, 0.3) is 22.2 Å². The number of hydrogen-bond acceptors (Lipinski definition) is 2. The number of hydrogen-bond donors (Lipinski definition) is 1. The van der Waals surface area contributed by atoms with Crippen LogP contribution in [-0.2, 0) is 0 Å². The monoisotopic (exact) mass is 430 g/mol. The van der Waals surface area contributed by atoms with Crippen LogP contribution in [0.1, 0.15) is 21.5 Å². The van der Waals surface area contributed by atoms with Crippen molar-refractivity contribution in [1.82, 2.24) is 4.98 Å². The van der Waals surface area contributed by atoms with Gasteiger partial charge < -0.3 is 5.32 Å². The minimum Gasteiger partial charge on any atom is -0.322 e. The Bertz CT molecular complexity index is 1200. The first-order chi connectivity index (χ1) is 13.5. The van der Waals surface area contributed by atoms with E-state index in [0.717, 1.165) is 43.4 Å². The Labute approximate surface area is 172 Å². The molecule has 0 atom stereocenters. The molecule has 0 spiro atoms. The van der Waals surface area contributed by atoms with Crippen LogP contribution in [0.15, 0.2) is 77.3 Å². The van der Waals surface area contributed by atoms with Gasteiger partial charge in [0, 0.05) is 21.1 Å². The van der Waals surface area contributed by atoms with Crippen molar-refractivity contribution in [3.8, 4) is 11.3 Å². The van der Waals surface area contributed by atoms with Gasteiger partial charge in [0.1, 0.15) is 0 Å². The average molecular weight is 431 g/mol. The third-order valence-corrected chi connectivity index (χ3v) is 5.43. The first kappa shape index (κ1) is 18.4. The van der Waals surface area contributed by atoms with E-state index in [0.29, 0.717) is 5.56 Å². The topological polar surface area (TPSA) is 42.0 Å². The maximum absolute atomic E-state index is 13.2. The molecule has 0 unspecified atom stereocenters. The summed E-state index contributed by atoms with van der Waals surface area (Å²) in [5.41, 5.74) is 6.18. The molecule has 0 aliphatic rings. The van der Waals surface area contributed by atoms with Crippen LogP contribution in [0.2, 0.25) is 0 Å². The van der Waals surface area contributed by atoms with Gasteiger partial charge in [-0.1, -0.05) is 58.4 Å². The summed E-state index contributed by atoms with van der Waals surface area (Å²) >= 11 is 3.51. The lowest BCUT2D eigenvalue weighted by Crippen LogP contribution is -2.14. The molecule has 0 bridgehead atoms. The number of halogens is 1. The molecule has 0 saturated heterocycles. The fourth-order valence-electron chi connectivity index (χ4n) is 3.24. The summed E-state index contributed by atoms with van der Waals surface area (Å²) in [6, 6.07) is 23.5. The number of nitrogens with one attached hydrogen (secondary N) is 1. The molecule has 0 aliphatic heterocycles. The molecule has 1 N–H and O–H groups in total. The minimum atomic E-state index is -0.136. The number of benzene rings is 3. The van der Waals surface area contributed by atoms with Gasteiger partial charge in [0.25, 0.3) is 5.91 Å². The molecule has 28 heavy (non-hydrogen) atoms. The molecule has 3 aromatic carbocycles. The van der Waals surface area contributed by atoms with Crippen LogP contribution in [-0.4, -0.2) is 10.9 Å². The van der Waals surface area contributed by atoms with E-state index in [4.69, 9.17) is 4.98 Å². The van der Waals surface area contributed by atoms with Crippen LogP contribution >= 0.6 is 15.9 Å². The molecule has 4 aromatic rings. The van der Waals surface area contributed by atoms with Gasteiger partial charge in [-0.05, 0) is 55.3 Å². The van der Waals surface area contributed by atoms with Gasteiger partial charge in [-0.25, -0.2) is 4.98 Å². The Morgan fingerprint density at radius 1 is 0.929 bits per heavy atom. The minimum absolute atomic E-state index is 0.136. The van der Waals surface area contributed by atoms with Crippen LogP contribution < -0.4 is 5.32 Å². The largest absolute Gasteiger partial charge is 0.322 e. The third-order valence-electron chi connectivity index (χ3n) is 4.93. The lowest BCUT2D eigenvalue weighted by Gasteiger charge is -2.13. The van der Waals surface area contributed by atoms with Crippen molar-refractivity contribution in [3.05, 3.63) is 94.0 Å². The predicted molar refractivity (Wildman–Crippen MR) is 119 cm³/mol. The molecular formula is C24H19BrN2O. The first-order valence-electron chi connectivity index (χ1n) is 9.06. The number of fused-ring (bicyclic) bond motifs is 1. The van der Waals surface area contributed by atoms with E-state index < -0.39 is 0 Å². The van der Waals surface area contributed by atoms with Gasteiger partial charge in [0.05, 0.1) is 16.8 Å². The van der Waals surface area contributed by atoms with Gasteiger partial charge in [-0.3, -0.25) is 4.79 Å². The summed E-state index contributed by atoms with van der Waals surface area (Å²) < 4.78 is 0.973. The Balaban J connectivity index is 1.83. The van der Waals surface area contributed by atoms with E-state index in [-0.39, 0.29) is 5.91 Å². The second-order valence-corrected chi connectivity index (χ2v) is 7.70. The maximum atomic E-state index is 13.2. The van der Waals surface area contributed by atoms with Gasteiger partial charge in [0.2, 0.25) is 0 Å². The summed E-state index contributed by atoms with van der Waals surface area (Å²) in [5, 5.41) is 3.91. The molecule has 0 fully saturated rings. The van der Waals surface area contributed by atoms with E-state index in [1.807, 2.05) is 86.6 Å². The number of carbonyl (C=O) groups is 1. The number of aryl methyl sites for hydroxylation is 1. The lowest BCUT2D eigenvalue weighted by molar-refractivity contribution is 0.102. The average Bonchev–Trinajstić information content (AvgIpc) is 2.70. The number of anilines is 1. The Morgan fingerprint density at radius 2 is 1.71 bits per heavy atom. The summed E-state index contributed by atoms with van der Waals surface area (Å²) in [6.07, 6.45) is 0. The summed E-state index contributed by atoms with van der Waals surface area (Å²) in [6.45, 7) is 4.06. The van der Waals surface area contributed by atoms with Crippen molar-refractivity contribution in [3.63, 3.8) is 0 Å². The van der Waals surface area contributed by atoms with Gasteiger partial charge in [-0.15, -0.1) is 0 Å². The molecule has 4 rings (SSSR count). The summed E-state index contributed by atoms with van der Waals surface area (Å²) in [5.74, 6) is -0.136. The smallest absolute Gasteiger partial charge is 0.256 e. The second-order valence-electron chi connectivity index (χ2n) is 6.78. The summed E-state index contributed by atoms with van der Waals surface area (Å²) in [7, 11) is 0. The van der Waals surface area contributed by atoms with Crippen LogP contribution in [0, 0.1) is 13.8 Å². The number of nitrogens with zero attached hydrogens (tertiary/aromatic N) is 1. The van der Waals surface area contributed by atoms with E-state index in [9.17, 15) is 4.79 Å². The highest BCUT2D eigenvalue weighted by molar-refractivity contribution is 9.10. The molecule has 138 valence electrons. The van der Waals surface area contributed by atoms with Crippen molar-refractivity contribution >= 4 is 38.4 Å². The highest BCUT2D eigenvalue weighted by Gasteiger charge is 2.15. The van der Waals surface area contributed by atoms with Gasteiger partial charge in [0.15, 0.2) is 0 Å². The molecule has 1 amide bonds. The second kappa shape index (κ2) is 7.56. The Hall–Kier alpha value is -2.98. The number of amides is 1. The summed E-state index contributed by atoms with van der Waals surface area (Å²) in [4.78, 5) is 18.0. The van der Waals surface area contributed by atoms with Crippen LogP contribution in [0.4, 0.5) is 5.69 Å².